The molecule has 0 aliphatic carbocycles. The van der Waals surface area contributed by atoms with Crippen LogP contribution in [0, 0.1) is 25.7 Å². The molecule has 22 atom stereocenters. The lowest BCUT2D eigenvalue weighted by Gasteiger charge is -2.31. The number of para-hydroxylation sites is 1. The fraction of sp³-hybridized carbons (Fsp3) is 0.578. The van der Waals surface area contributed by atoms with E-state index in [2.05, 4.69) is 65.2 Å². The highest BCUT2D eigenvalue weighted by Gasteiger charge is 2.61. The van der Waals surface area contributed by atoms with Gasteiger partial charge < -0.3 is 84.0 Å². The summed E-state index contributed by atoms with van der Waals surface area (Å²) < 4.78 is 86.6. The first-order valence-electron chi connectivity index (χ1n) is 34.9. The van der Waals surface area contributed by atoms with E-state index in [1.807, 2.05) is 0 Å². The number of carbonyl (C=O) groups is 7. The Morgan fingerprint density at radius 1 is 0.542 bits per heavy atom. The molecule has 2 aromatic heterocycles. The molecule has 2 unspecified atom stereocenters. The molecule has 11 N–H and O–H groups in total. The number of hydrogen-bond donors (Lipinski definition) is 11. The number of carbonyl (C=O) groups excluding carboxylic acids is 7. The molecule has 51 nitrogen and oxygen atoms in total. The summed E-state index contributed by atoms with van der Waals surface area (Å²) in [6.45, 7) is 6.78. The van der Waals surface area contributed by atoms with Crippen molar-refractivity contribution in [3.05, 3.63) is 176 Å². The summed E-state index contributed by atoms with van der Waals surface area (Å²) >= 11 is 0. The maximum Gasteiger partial charge on any atom is 0.459 e. The van der Waals surface area contributed by atoms with Gasteiger partial charge in [0.1, 0.15) is 48.7 Å². The number of benzene rings is 1. The second-order valence-electron chi connectivity index (χ2n) is 27.0. The highest BCUT2D eigenvalue weighted by Crippen LogP contribution is 2.49. The Labute approximate surface area is 662 Å². The van der Waals surface area contributed by atoms with E-state index in [0.29, 0.717) is 11.4 Å². The number of ketones is 3. The highest BCUT2D eigenvalue weighted by molar-refractivity contribution is 7.52. The van der Waals surface area contributed by atoms with Crippen molar-refractivity contribution < 1.29 is 135 Å². The maximum atomic E-state index is 14.0. The van der Waals surface area contributed by atoms with Gasteiger partial charge in [0.15, 0.2) is 59.8 Å². The van der Waals surface area contributed by atoms with Gasteiger partial charge in [-0.3, -0.25) is 61.9 Å². The van der Waals surface area contributed by atoms with Crippen LogP contribution in [-0.2, 0) is 71.1 Å². The predicted molar refractivity (Wildman–Crippen MR) is 385 cm³/mol. The number of halogens is 2. The summed E-state index contributed by atoms with van der Waals surface area (Å²) in [5.74, 6) is -4.96. The second kappa shape index (κ2) is 39.9. The predicted octanol–water partition coefficient (Wildman–Crippen LogP) is 0.384. The first kappa shape index (κ1) is 94.0. The Bertz CT molecular complexity index is 4560. The van der Waals surface area contributed by atoms with Gasteiger partial charge in [-0.25, -0.2) is 22.9 Å². The largest absolute Gasteiger partial charge is 0.462 e. The number of rotatable bonds is 23. The summed E-state index contributed by atoms with van der Waals surface area (Å²) in [5, 5.41) is 117. The molecule has 0 spiro atoms. The molecule has 3 aromatic rings. The van der Waals surface area contributed by atoms with E-state index in [0.717, 1.165) is 38.9 Å². The number of esters is 1. The van der Waals surface area contributed by atoms with E-state index in [1.165, 1.54) is 59.3 Å². The molecule has 118 heavy (non-hydrogen) atoms. The minimum atomic E-state index is -4.48. The lowest BCUT2D eigenvalue weighted by Crippen LogP contribution is -2.46. The first-order valence-corrected chi connectivity index (χ1v) is 36.4. The number of aryl methyl sites for hydroxylation is 2. The summed E-state index contributed by atoms with van der Waals surface area (Å²) in [6, 6.07) is 9.70. The molecule has 1 aromatic carbocycles. The molecule has 5 saturated heterocycles. The van der Waals surface area contributed by atoms with Crippen LogP contribution in [0.2, 0.25) is 0 Å². The van der Waals surface area contributed by atoms with Crippen molar-refractivity contribution >= 4 is 48.8 Å². The minimum Gasteiger partial charge on any atom is -0.462 e. The van der Waals surface area contributed by atoms with Crippen molar-refractivity contribution in [2.45, 2.75) is 189 Å². The number of aliphatic hydroxyl groups excluding tert-OH is 10. The molecule has 0 saturated carbocycles. The zero-order valence-corrected chi connectivity index (χ0v) is 63.9. The Kier molecular flexibility index (Phi) is 31.8. The molecule has 638 valence electrons. The fourth-order valence-electron chi connectivity index (χ4n) is 12.3. The van der Waals surface area contributed by atoms with Crippen LogP contribution < -0.4 is 21.0 Å². The normalized spacial score (nSPS) is 32.6. The number of aromatic nitrogens is 4. The second-order valence-corrected chi connectivity index (χ2v) is 28.7. The Balaban J connectivity index is 0.000000210. The number of nitrogens with one attached hydrogen (secondary N) is 1. The van der Waals surface area contributed by atoms with E-state index >= 15 is 0 Å². The maximum absolute atomic E-state index is 14.0. The van der Waals surface area contributed by atoms with Crippen molar-refractivity contribution in [3.8, 4) is 5.75 Å². The van der Waals surface area contributed by atoms with Gasteiger partial charge in [0, 0.05) is 78.8 Å². The van der Waals surface area contributed by atoms with Crippen LogP contribution in [0.1, 0.15) is 77.7 Å². The SMILES string of the molecule is CC(C)OC(=O)C(C)NP(=O)(OC[C@@]1(N=[N+]=[N-])O[C@@H](N2C=CC(=O)CC2=O)[C@H](O)[C@@H]1O)Oc1ccccc1.C[C@@H]1[C@H](N2C=CC(=O)CC2=O)O[C@@](CO)(N=[N+]=[N-])[C@H]1O.Cc1ccn([C@@H]2O[C@@](CO)(N=[N+]=[N-])[C@@H](F)[C@H]2O)c(=O)n1.Cc1ccn([C@@H]2O[C@@](CO)(N=[N+]=[N-])[C@@H](O)[C@@H]2C)c(=O)n1.[N-]=[N+]=N[C@]1(CO)O[C@@H](N2C=CC(=O)CC2=O)[C@H](O)[C@@H]1F. The third-order valence-electron chi connectivity index (χ3n) is 18.4. The number of alkyl halides is 2. The molecule has 8 aliphatic heterocycles. The van der Waals surface area contributed by atoms with E-state index in [4.69, 9.17) is 75.3 Å². The van der Waals surface area contributed by atoms with Crippen molar-refractivity contribution in [1.82, 2.24) is 38.9 Å². The summed E-state index contributed by atoms with van der Waals surface area (Å²) in [7, 11) is -4.48. The van der Waals surface area contributed by atoms with Gasteiger partial charge in [0.25, 0.3) is 0 Å². The van der Waals surface area contributed by atoms with Gasteiger partial charge in [-0.2, -0.15) is 15.1 Å². The summed E-state index contributed by atoms with van der Waals surface area (Å²) in [5.41, 5.74) is 32.2. The van der Waals surface area contributed by atoms with Crippen LogP contribution >= 0.6 is 7.75 Å². The molecular formula is C64H80F2N23O28P. The molecule has 10 heterocycles. The summed E-state index contributed by atoms with van der Waals surface area (Å²) in [6.07, 6.45) is -12.7. The average molecular weight is 1690 g/mol. The monoisotopic (exact) mass is 1690 g/mol. The Morgan fingerprint density at radius 3 is 1.31 bits per heavy atom. The average Bonchev–Trinajstić information content (AvgIpc) is 1.61. The number of ether oxygens (including phenoxy) is 6. The molecule has 0 bridgehead atoms. The van der Waals surface area contributed by atoms with Gasteiger partial charge in [-0.1, -0.05) is 57.6 Å². The first-order chi connectivity index (χ1) is 55.7. The zero-order valence-electron chi connectivity index (χ0n) is 63.0. The molecular weight excluding hydrogens is 1610 g/mol. The van der Waals surface area contributed by atoms with Gasteiger partial charge in [-0.05, 0) is 105 Å². The molecule has 54 heteroatoms. The molecule has 0 radical (unpaired) electrons. The topological polar surface area (TPSA) is 748 Å². The lowest BCUT2D eigenvalue weighted by molar-refractivity contribution is -0.159. The number of hydrogen-bond acceptors (Lipinski definition) is 35. The molecule has 5 fully saturated rings. The third-order valence-corrected chi connectivity index (χ3v) is 20.0. The van der Waals surface area contributed by atoms with E-state index in [1.54, 1.807) is 65.8 Å². The number of allylic oxidation sites excluding steroid dienone is 3. The van der Waals surface area contributed by atoms with Gasteiger partial charge in [0.2, 0.25) is 34.9 Å². The quantitative estimate of drug-likeness (QED) is 0.0153. The number of amides is 3. The van der Waals surface area contributed by atoms with E-state index in [-0.39, 0.29) is 18.0 Å². The van der Waals surface area contributed by atoms with Crippen LogP contribution in [0.4, 0.5) is 8.78 Å². The smallest absolute Gasteiger partial charge is 0.459 e. The van der Waals surface area contributed by atoms with Gasteiger partial charge in [0.05, 0.1) is 70.6 Å². The number of nitrogens with zero attached hydrogens (tertiary/aromatic N) is 22. The van der Waals surface area contributed by atoms with E-state index in [9.17, 15) is 97.3 Å². The summed E-state index contributed by atoms with van der Waals surface area (Å²) in [4.78, 5) is 128. The standard InChI is InChI=1S/C22H28N5O10P.C11H15N5O4.C11H14N4O5.C10H12FN5O4.C10H11FN4O5/c1-13(2)35-21(32)14(3)24-38(33,37-16-7-5-4-6-8-16)34-12-22(25-26-23)19(31)18(30)20(36-22)27-10-9-15(28)11-17(27)29;1-6-3-4-16(10(19)13-6)9-7(2)8(18)11(5-17,20-9)14-15-12;1-6-9(19)11(5-16,13-14-12)20-10(6)15-3-2-7(17)4-8(15)18;1-5-2-3-16(9(19)13-5)8-6(18)7(11)10(4-17,20-8)14-15-12;11-8-7(19)9(20-10(8,4-16)13-14-12)15-2-1-5(17)3-6(15)18/h4-10,13-14,18-20,30-31H,11-12H2,1-3H3,(H,24,33);3-4,7-9,17-18H,5H2,1-2H3;2-3,6,9-10,16,19H,4-5H2,1H3;2-3,6-8,17-18H,4H2,1H3;1-2,7-9,16,19H,3-4H2/t14?,18-,19+,20-,22-,38?;7-,8-,9+,11+;6-,9-,10+,11+;6-,7+,8-,10-;7-,8+,9-,10-/m10011/s1. The fourth-order valence-corrected chi connectivity index (χ4v) is 13.8. The van der Waals surface area contributed by atoms with Crippen LogP contribution in [0.5, 0.6) is 5.75 Å². The molecule has 8 aliphatic rings. The van der Waals surface area contributed by atoms with Crippen molar-refractivity contribution in [2.24, 2.45) is 37.4 Å². The van der Waals surface area contributed by atoms with Crippen molar-refractivity contribution in [2.75, 3.05) is 33.0 Å². The van der Waals surface area contributed by atoms with Crippen molar-refractivity contribution in [1.29, 1.82) is 0 Å². The Hall–Kier alpha value is -11.1. The van der Waals surface area contributed by atoms with Gasteiger partial charge >= 0.3 is 25.1 Å². The minimum absolute atomic E-state index is 0.0881. The van der Waals surface area contributed by atoms with Crippen LogP contribution in [0.3, 0.4) is 0 Å². The van der Waals surface area contributed by atoms with Crippen LogP contribution in [0.15, 0.2) is 127 Å². The van der Waals surface area contributed by atoms with Crippen LogP contribution in [0.25, 0.3) is 52.2 Å². The third kappa shape index (κ3) is 20.7. The number of azide groups is 5. The van der Waals surface area contributed by atoms with Crippen LogP contribution in [-0.4, -0.2) is 267 Å². The van der Waals surface area contributed by atoms with Gasteiger partial charge in [-0.15, -0.1) is 0 Å². The zero-order chi connectivity index (χ0) is 87.7. The number of aliphatic hydroxyl groups is 10. The van der Waals surface area contributed by atoms with E-state index < -0.39 is 233 Å². The molecule has 11 rings (SSSR count). The lowest BCUT2D eigenvalue weighted by atomic mass is 9.97. The highest BCUT2D eigenvalue weighted by atomic mass is 31.2. The van der Waals surface area contributed by atoms with Crippen molar-refractivity contribution in [3.63, 3.8) is 0 Å². The molecule has 3 amide bonds. The Morgan fingerprint density at radius 2 is 0.898 bits per heavy atom.